The SMILES string of the molecule is COOCC1CCCc2sccc21. The van der Waals surface area contributed by atoms with E-state index in [1.54, 1.807) is 7.11 Å². The van der Waals surface area contributed by atoms with E-state index in [0.717, 1.165) is 0 Å². The second kappa shape index (κ2) is 4.22. The minimum absolute atomic E-state index is 0.551. The first-order chi connectivity index (χ1) is 6.42. The Kier molecular flexibility index (Phi) is 2.98. The van der Waals surface area contributed by atoms with Gasteiger partial charge in [-0.2, -0.15) is 0 Å². The van der Waals surface area contributed by atoms with Crippen LogP contribution in [0, 0.1) is 0 Å². The topological polar surface area (TPSA) is 18.5 Å². The second-order valence-corrected chi connectivity index (χ2v) is 4.34. The predicted octanol–water partition coefficient (Wildman–Crippen LogP) is 2.75. The van der Waals surface area contributed by atoms with Gasteiger partial charge in [-0.25, -0.2) is 9.78 Å². The summed E-state index contributed by atoms with van der Waals surface area (Å²) >= 11 is 1.87. The number of fused-ring (bicyclic) bond motifs is 1. The molecule has 1 aromatic rings. The van der Waals surface area contributed by atoms with Crippen molar-refractivity contribution in [1.29, 1.82) is 0 Å². The van der Waals surface area contributed by atoms with Crippen LogP contribution in [0.25, 0.3) is 0 Å². The van der Waals surface area contributed by atoms with E-state index < -0.39 is 0 Å². The molecule has 2 rings (SSSR count). The van der Waals surface area contributed by atoms with Crippen molar-refractivity contribution < 1.29 is 9.78 Å². The van der Waals surface area contributed by atoms with Crippen molar-refractivity contribution >= 4 is 11.3 Å². The van der Waals surface area contributed by atoms with Crippen molar-refractivity contribution in [2.75, 3.05) is 13.7 Å². The normalized spacial score (nSPS) is 21.5. The summed E-state index contributed by atoms with van der Waals surface area (Å²) in [5.41, 5.74) is 1.48. The third-order valence-electron chi connectivity index (χ3n) is 2.56. The Hall–Kier alpha value is -0.380. The quantitative estimate of drug-likeness (QED) is 0.549. The third kappa shape index (κ3) is 1.93. The monoisotopic (exact) mass is 198 g/mol. The fraction of sp³-hybridized carbons (Fsp3) is 0.600. The zero-order valence-electron chi connectivity index (χ0n) is 7.79. The summed E-state index contributed by atoms with van der Waals surface area (Å²) in [6, 6.07) is 2.23. The van der Waals surface area contributed by atoms with Crippen LogP contribution in [0.2, 0.25) is 0 Å². The molecule has 1 unspecified atom stereocenters. The van der Waals surface area contributed by atoms with E-state index in [2.05, 4.69) is 16.3 Å². The highest BCUT2D eigenvalue weighted by atomic mass is 32.1. The third-order valence-corrected chi connectivity index (χ3v) is 3.56. The van der Waals surface area contributed by atoms with Gasteiger partial charge in [0.2, 0.25) is 0 Å². The number of aryl methyl sites for hydroxylation is 1. The van der Waals surface area contributed by atoms with Gasteiger partial charge in [-0.05, 0) is 36.3 Å². The molecule has 0 N–H and O–H groups in total. The maximum atomic E-state index is 5.00. The largest absolute Gasteiger partial charge is 0.240 e. The number of hydrogen-bond donors (Lipinski definition) is 0. The number of hydrogen-bond acceptors (Lipinski definition) is 3. The lowest BCUT2D eigenvalue weighted by Gasteiger charge is -2.21. The Morgan fingerprint density at radius 3 is 3.38 bits per heavy atom. The van der Waals surface area contributed by atoms with Gasteiger partial charge in [-0.1, -0.05) is 0 Å². The average molecular weight is 198 g/mol. The summed E-state index contributed by atoms with van der Waals surface area (Å²) in [5.74, 6) is 0.551. The summed E-state index contributed by atoms with van der Waals surface area (Å²) in [6.07, 6.45) is 3.76. The maximum absolute atomic E-state index is 5.00. The fourth-order valence-corrected chi connectivity index (χ4v) is 2.92. The van der Waals surface area contributed by atoms with Gasteiger partial charge in [0.25, 0.3) is 0 Å². The van der Waals surface area contributed by atoms with Gasteiger partial charge < -0.3 is 0 Å². The second-order valence-electron chi connectivity index (χ2n) is 3.34. The predicted molar refractivity (Wildman–Crippen MR) is 53.0 cm³/mol. The molecule has 1 aromatic heterocycles. The summed E-state index contributed by atoms with van der Waals surface area (Å²) in [6.45, 7) is 0.695. The van der Waals surface area contributed by atoms with Crippen LogP contribution in [-0.4, -0.2) is 13.7 Å². The molecular formula is C10H14O2S. The molecule has 0 spiro atoms. The Morgan fingerprint density at radius 2 is 2.54 bits per heavy atom. The fourth-order valence-electron chi connectivity index (χ4n) is 1.91. The van der Waals surface area contributed by atoms with E-state index in [-0.39, 0.29) is 0 Å². The molecule has 13 heavy (non-hydrogen) atoms. The van der Waals surface area contributed by atoms with Crippen LogP contribution in [0.15, 0.2) is 11.4 Å². The van der Waals surface area contributed by atoms with E-state index in [1.807, 2.05) is 11.3 Å². The molecule has 1 atom stereocenters. The summed E-state index contributed by atoms with van der Waals surface area (Å²) in [5, 5.41) is 2.18. The van der Waals surface area contributed by atoms with Crippen molar-refractivity contribution in [1.82, 2.24) is 0 Å². The van der Waals surface area contributed by atoms with Gasteiger partial charge in [0, 0.05) is 10.8 Å². The molecule has 1 aliphatic rings. The molecule has 3 heteroatoms. The highest BCUT2D eigenvalue weighted by Gasteiger charge is 2.21. The molecule has 0 saturated carbocycles. The standard InChI is InChI=1S/C10H14O2S/c1-11-12-7-8-3-2-4-10-9(8)5-6-13-10/h5-6,8H,2-4,7H2,1H3. The van der Waals surface area contributed by atoms with Crippen LogP contribution in [0.3, 0.4) is 0 Å². The molecule has 0 bridgehead atoms. The Bertz CT molecular complexity index is 270. The number of thiophene rings is 1. The van der Waals surface area contributed by atoms with E-state index in [1.165, 1.54) is 29.7 Å². The van der Waals surface area contributed by atoms with E-state index in [9.17, 15) is 0 Å². The van der Waals surface area contributed by atoms with Gasteiger partial charge in [0.05, 0.1) is 13.7 Å². The van der Waals surface area contributed by atoms with E-state index >= 15 is 0 Å². The van der Waals surface area contributed by atoms with Crippen molar-refractivity contribution in [3.05, 3.63) is 21.9 Å². The molecule has 0 fully saturated rings. The lowest BCUT2D eigenvalue weighted by atomic mass is 9.88. The summed E-state index contributed by atoms with van der Waals surface area (Å²) in [7, 11) is 1.57. The lowest BCUT2D eigenvalue weighted by Crippen LogP contribution is -2.12. The molecule has 0 amide bonds. The first kappa shape index (κ1) is 9.19. The minimum Gasteiger partial charge on any atom is -0.240 e. The van der Waals surface area contributed by atoms with Gasteiger partial charge in [-0.15, -0.1) is 11.3 Å². The minimum atomic E-state index is 0.551. The Balaban J connectivity index is 2.07. The highest BCUT2D eigenvalue weighted by Crippen LogP contribution is 2.34. The van der Waals surface area contributed by atoms with Crippen LogP contribution in [0.1, 0.15) is 29.2 Å². The molecule has 0 aliphatic heterocycles. The average Bonchev–Trinajstić information content (AvgIpc) is 2.62. The molecular weight excluding hydrogens is 184 g/mol. The lowest BCUT2D eigenvalue weighted by molar-refractivity contribution is -0.275. The smallest absolute Gasteiger partial charge is 0.0891 e. The Labute approximate surface area is 82.4 Å². The van der Waals surface area contributed by atoms with Gasteiger partial charge in [-0.3, -0.25) is 0 Å². The molecule has 2 nitrogen and oxygen atoms in total. The first-order valence-electron chi connectivity index (χ1n) is 4.63. The van der Waals surface area contributed by atoms with Crippen molar-refractivity contribution in [2.45, 2.75) is 25.2 Å². The maximum Gasteiger partial charge on any atom is 0.0891 e. The molecule has 0 aromatic carbocycles. The van der Waals surface area contributed by atoms with Gasteiger partial charge >= 0.3 is 0 Å². The van der Waals surface area contributed by atoms with Gasteiger partial charge in [0.15, 0.2) is 0 Å². The van der Waals surface area contributed by atoms with E-state index in [0.29, 0.717) is 12.5 Å². The van der Waals surface area contributed by atoms with Gasteiger partial charge in [0.1, 0.15) is 0 Å². The van der Waals surface area contributed by atoms with Crippen LogP contribution in [0.5, 0.6) is 0 Å². The molecule has 1 aliphatic carbocycles. The molecule has 72 valence electrons. The highest BCUT2D eigenvalue weighted by molar-refractivity contribution is 7.10. The zero-order chi connectivity index (χ0) is 9.10. The van der Waals surface area contributed by atoms with Crippen LogP contribution >= 0.6 is 11.3 Å². The molecule has 1 heterocycles. The first-order valence-corrected chi connectivity index (χ1v) is 5.51. The Morgan fingerprint density at radius 1 is 1.62 bits per heavy atom. The van der Waals surface area contributed by atoms with Crippen LogP contribution < -0.4 is 0 Å². The van der Waals surface area contributed by atoms with Crippen LogP contribution in [-0.2, 0) is 16.2 Å². The summed E-state index contributed by atoms with van der Waals surface area (Å²) in [4.78, 5) is 11.2. The van der Waals surface area contributed by atoms with Crippen molar-refractivity contribution in [3.8, 4) is 0 Å². The van der Waals surface area contributed by atoms with Crippen LogP contribution in [0.4, 0.5) is 0 Å². The summed E-state index contributed by atoms with van der Waals surface area (Å²) < 4.78 is 0. The van der Waals surface area contributed by atoms with Crippen molar-refractivity contribution in [3.63, 3.8) is 0 Å². The van der Waals surface area contributed by atoms with E-state index in [4.69, 9.17) is 4.89 Å². The zero-order valence-corrected chi connectivity index (χ0v) is 8.60. The molecule has 0 radical (unpaired) electrons. The molecule has 0 saturated heterocycles. The number of rotatable bonds is 3. The van der Waals surface area contributed by atoms with Crippen molar-refractivity contribution in [2.24, 2.45) is 0 Å².